The van der Waals surface area contributed by atoms with Gasteiger partial charge in [0.15, 0.2) is 5.82 Å². The fourth-order valence-electron chi connectivity index (χ4n) is 4.13. The minimum atomic E-state index is -0.320. The number of hydrogen-bond donors (Lipinski definition) is 2. The zero-order valence-electron chi connectivity index (χ0n) is 20.2. The van der Waals surface area contributed by atoms with E-state index >= 15 is 0 Å². The summed E-state index contributed by atoms with van der Waals surface area (Å²) < 4.78 is 5.78. The van der Waals surface area contributed by atoms with Crippen LogP contribution in [0.4, 0.5) is 22.0 Å². The molecule has 182 valence electrons. The highest BCUT2D eigenvalue weighted by atomic mass is 16.5. The van der Waals surface area contributed by atoms with E-state index in [-0.39, 0.29) is 6.03 Å². The number of nitrogens with one attached hydrogen (secondary N) is 2. The zero-order valence-corrected chi connectivity index (χ0v) is 20.2. The van der Waals surface area contributed by atoms with Gasteiger partial charge in [-0.25, -0.2) is 4.79 Å². The van der Waals surface area contributed by atoms with Crippen molar-refractivity contribution in [3.05, 3.63) is 91.0 Å². The van der Waals surface area contributed by atoms with Crippen molar-refractivity contribution in [1.29, 1.82) is 0 Å². The smallest absolute Gasteiger partial charge is 0.323 e. The highest BCUT2D eigenvalue weighted by Gasteiger charge is 2.17. The Morgan fingerprint density at radius 3 is 2.00 bits per heavy atom. The summed E-state index contributed by atoms with van der Waals surface area (Å²) >= 11 is 0. The lowest BCUT2D eigenvalue weighted by Crippen LogP contribution is -2.33. The molecule has 0 spiro atoms. The molecule has 4 aromatic rings. The van der Waals surface area contributed by atoms with Crippen molar-refractivity contribution in [2.75, 3.05) is 28.6 Å². The van der Waals surface area contributed by atoms with Crippen LogP contribution in [0.3, 0.4) is 0 Å². The number of rotatable bonds is 6. The molecular weight excluding hydrogens is 450 g/mol. The Hall–Kier alpha value is -4.39. The first-order valence-corrected chi connectivity index (χ1v) is 12.2. The van der Waals surface area contributed by atoms with Gasteiger partial charge < -0.3 is 20.3 Å². The number of anilines is 3. The summed E-state index contributed by atoms with van der Waals surface area (Å²) in [6.07, 6.45) is 2.39. The van der Waals surface area contributed by atoms with E-state index in [1.807, 2.05) is 78.9 Å². The summed E-state index contributed by atoms with van der Waals surface area (Å²) in [5.41, 5.74) is 3.11. The average Bonchev–Trinajstić information content (AvgIpc) is 2.91. The number of nitrogens with zero attached hydrogens (tertiary/aromatic N) is 3. The van der Waals surface area contributed by atoms with E-state index in [0.29, 0.717) is 17.1 Å². The predicted molar refractivity (Wildman–Crippen MR) is 144 cm³/mol. The fourth-order valence-corrected chi connectivity index (χ4v) is 4.13. The Labute approximate surface area is 211 Å². The number of urea groups is 1. The molecule has 3 aromatic carbocycles. The lowest BCUT2D eigenvalue weighted by Gasteiger charge is -2.30. The molecule has 0 radical (unpaired) electrons. The molecule has 2 heterocycles. The molecule has 2 amide bonds. The van der Waals surface area contributed by atoms with Crippen LogP contribution in [0.25, 0.3) is 11.3 Å². The van der Waals surface area contributed by atoms with Crippen LogP contribution in [0.2, 0.25) is 0 Å². The Kier molecular flexibility index (Phi) is 7.07. The van der Waals surface area contributed by atoms with Gasteiger partial charge in [0.25, 0.3) is 0 Å². The highest BCUT2D eigenvalue weighted by Crippen LogP contribution is 2.25. The molecule has 7 nitrogen and oxygen atoms in total. The van der Waals surface area contributed by atoms with Crippen molar-refractivity contribution in [2.24, 2.45) is 5.92 Å². The second kappa shape index (κ2) is 10.9. The fraction of sp³-hybridized carbons (Fsp3) is 0.207. The average molecular weight is 480 g/mol. The molecular formula is C29H29N5O2. The first kappa shape index (κ1) is 23.4. The van der Waals surface area contributed by atoms with Crippen molar-refractivity contribution in [1.82, 2.24) is 10.2 Å². The number of ether oxygens (including phenoxy) is 1. The monoisotopic (exact) mass is 479 g/mol. The predicted octanol–water partition coefficient (Wildman–Crippen LogP) is 6.82. The molecule has 1 aliphatic heterocycles. The Balaban J connectivity index is 1.14. The van der Waals surface area contributed by atoms with E-state index in [9.17, 15) is 4.79 Å². The number of benzene rings is 3. The van der Waals surface area contributed by atoms with E-state index in [2.05, 4.69) is 32.7 Å². The number of para-hydroxylation sites is 1. The van der Waals surface area contributed by atoms with Crippen molar-refractivity contribution >= 4 is 23.2 Å². The van der Waals surface area contributed by atoms with Crippen molar-refractivity contribution in [3.63, 3.8) is 0 Å². The second-order valence-corrected chi connectivity index (χ2v) is 9.04. The molecule has 2 N–H and O–H groups in total. The van der Waals surface area contributed by atoms with Gasteiger partial charge >= 0.3 is 6.03 Å². The lowest BCUT2D eigenvalue weighted by molar-refractivity contribution is 0.262. The highest BCUT2D eigenvalue weighted by molar-refractivity contribution is 5.99. The summed E-state index contributed by atoms with van der Waals surface area (Å²) in [5, 5.41) is 14.6. The third-order valence-corrected chi connectivity index (χ3v) is 6.29. The van der Waals surface area contributed by atoms with Crippen LogP contribution in [0.5, 0.6) is 11.5 Å². The largest absolute Gasteiger partial charge is 0.457 e. The second-order valence-electron chi connectivity index (χ2n) is 9.04. The van der Waals surface area contributed by atoms with Gasteiger partial charge in [-0.3, -0.25) is 0 Å². The number of aromatic nitrogens is 2. The Bertz CT molecular complexity index is 1270. The standard InChI is InChI=1S/C29H29N5O2/c1-21-17-19-34(20-18-21)28-16-15-27(32-33-28)22-7-9-23(10-8-22)30-29(35)31-24-11-13-26(14-12-24)36-25-5-3-2-4-6-25/h2-16,21H,17-20H2,1H3,(H2,30,31,35). The summed E-state index contributed by atoms with van der Waals surface area (Å²) in [6.45, 7) is 4.36. The van der Waals surface area contributed by atoms with Gasteiger partial charge in [-0.2, -0.15) is 0 Å². The molecule has 5 rings (SSSR count). The van der Waals surface area contributed by atoms with Gasteiger partial charge in [-0.05, 0) is 79.4 Å². The lowest BCUT2D eigenvalue weighted by atomic mass is 9.99. The van der Waals surface area contributed by atoms with Gasteiger partial charge in [-0.1, -0.05) is 37.3 Å². The minimum absolute atomic E-state index is 0.320. The number of hydrogen-bond acceptors (Lipinski definition) is 5. The number of carbonyl (C=O) groups excluding carboxylic acids is 1. The topological polar surface area (TPSA) is 79.4 Å². The third-order valence-electron chi connectivity index (χ3n) is 6.29. The Morgan fingerprint density at radius 2 is 1.39 bits per heavy atom. The van der Waals surface area contributed by atoms with E-state index in [1.165, 1.54) is 12.8 Å². The van der Waals surface area contributed by atoms with Crippen LogP contribution in [-0.4, -0.2) is 29.3 Å². The summed E-state index contributed by atoms with van der Waals surface area (Å²) in [7, 11) is 0. The normalized spacial score (nSPS) is 13.8. The van der Waals surface area contributed by atoms with Gasteiger partial charge in [0.1, 0.15) is 11.5 Å². The molecule has 0 saturated carbocycles. The van der Waals surface area contributed by atoms with Gasteiger partial charge in [0, 0.05) is 30.0 Å². The minimum Gasteiger partial charge on any atom is -0.457 e. The van der Waals surface area contributed by atoms with E-state index < -0.39 is 0 Å². The van der Waals surface area contributed by atoms with Crippen LogP contribution < -0.4 is 20.3 Å². The molecule has 0 aliphatic carbocycles. The zero-order chi connectivity index (χ0) is 24.7. The molecule has 36 heavy (non-hydrogen) atoms. The van der Waals surface area contributed by atoms with Crippen molar-refractivity contribution in [3.8, 4) is 22.8 Å². The van der Waals surface area contributed by atoms with Crippen LogP contribution in [-0.2, 0) is 0 Å². The maximum atomic E-state index is 12.4. The summed E-state index contributed by atoms with van der Waals surface area (Å²) in [4.78, 5) is 14.7. The van der Waals surface area contributed by atoms with Crippen LogP contribution >= 0.6 is 0 Å². The maximum Gasteiger partial charge on any atom is 0.323 e. The molecule has 1 fully saturated rings. The van der Waals surface area contributed by atoms with E-state index in [0.717, 1.165) is 41.8 Å². The van der Waals surface area contributed by atoms with Crippen LogP contribution in [0.1, 0.15) is 19.8 Å². The van der Waals surface area contributed by atoms with Gasteiger partial charge in [0.2, 0.25) is 0 Å². The van der Waals surface area contributed by atoms with Gasteiger partial charge in [0.05, 0.1) is 5.69 Å². The van der Waals surface area contributed by atoms with Crippen LogP contribution in [0, 0.1) is 5.92 Å². The molecule has 0 unspecified atom stereocenters. The summed E-state index contributed by atoms with van der Waals surface area (Å²) in [5.74, 6) is 3.17. The number of piperidine rings is 1. The van der Waals surface area contributed by atoms with Gasteiger partial charge in [-0.15, -0.1) is 10.2 Å². The SMILES string of the molecule is CC1CCN(c2ccc(-c3ccc(NC(=O)Nc4ccc(Oc5ccccc5)cc4)cc3)nn2)CC1. The van der Waals surface area contributed by atoms with E-state index in [1.54, 1.807) is 12.1 Å². The molecule has 1 aliphatic rings. The first-order chi connectivity index (χ1) is 17.6. The van der Waals surface area contributed by atoms with Crippen molar-refractivity contribution < 1.29 is 9.53 Å². The third kappa shape index (κ3) is 5.99. The first-order valence-electron chi connectivity index (χ1n) is 12.2. The number of carbonyl (C=O) groups is 1. The molecule has 0 atom stereocenters. The molecule has 7 heteroatoms. The Morgan fingerprint density at radius 1 is 0.778 bits per heavy atom. The quantitative estimate of drug-likeness (QED) is 0.317. The molecule has 1 saturated heterocycles. The summed E-state index contributed by atoms with van der Waals surface area (Å²) in [6, 6.07) is 28.1. The van der Waals surface area contributed by atoms with E-state index in [4.69, 9.17) is 4.74 Å². The van der Waals surface area contributed by atoms with Crippen molar-refractivity contribution in [2.45, 2.75) is 19.8 Å². The number of amides is 2. The molecule has 0 bridgehead atoms. The molecule has 1 aromatic heterocycles. The van der Waals surface area contributed by atoms with Crippen LogP contribution in [0.15, 0.2) is 91.0 Å². The maximum absolute atomic E-state index is 12.4.